The van der Waals surface area contributed by atoms with Crippen LogP contribution in [0.1, 0.15) is 40.0 Å². The molecular weight excluding hydrogens is 419 g/mol. The average molecular weight is 442 g/mol. The van der Waals surface area contributed by atoms with E-state index in [4.69, 9.17) is 14.6 Å². The summed E-state index contributed by atoms with van der Waals surface area (Å²) in [6, 6.07) is 9.77. The Labute approximate surface area is 183 Å². The molecule has 32 heavy (non-hydrogen) atoms. The van der Waals surface area contributed by atoms with Gasteiger partial charge in [0.05, 0.1) is 24.1 Å². The van der Waals surface area contributed by atoms with Crippen molar-refractivity contribution in [1.82, 2.24) is 4.90 Å². The minimum Gasteiger partial charge on any atom is -0.490 e. The zero-order valence-electron chi connectivity index (χ0n) is 17.4. The van der Waals surface area contributed by atoms with Gasteiger partial charge in [-0.15, -0.1) is 0 Å². The highest BCUT2D eigenvalue weighted by molar-refractivity contribution is 6.05. The van der Waals surface area contributed by atoms with Crippen molar-refractivity contribution < 1.29 is 33.4 Å². The number of fused-ring (bicyclic) bond motifs is 2. The van der Waals surface area contributed by atoms with Gasteiger partial charge < -0.3 is 24.8 Å². The van der Waals surface area contributed by atoms with Crippen LogP contribution in [0.3, 0.4) is 0 Å². The van der Waals surface area contributed by atoms with Crippen LogP contribution in [-0.4, -0.2) is 59.7 Å². The molecule has 0 aromatic heterocycles. The number of benzene rings is 2. The SMILES string of the molecule is CN1C(=O)c2cc(NC(=O)c3cccc(F)c3)ccc2OC[C@H]2O[C@H](CC(=O)O)CC[C@H]21. The number of nitrogens with one attached hydrogen (secondary N) is 1. The second-order valence-corrected chi connectivity index (χ2v) is 7.94. The highest BCUT2D eigenvalue weighted by atomic mass is 19.1. The molecule has 1 fully saturated rings. The number of carboxylic acids is 1. The second-order valence-electron chi connectivity index (χ2n) is 7.94. The summed E-state index contributed by atoms with van der Waals surface area (Å²) in [6.07, 6.45) is 0.176. The van der Waals surface area contributed by atoms with E-state index in [-0.39, 0.29) is 36.1 Å². The third-order valence-corrected chi connectivity index (χ3v) is 5.76. The first-order valence-corrected chi connectivity index (χ1v) is 10.3. The molecule has 3 atom stereocenters. The Hall–Kier alpha value is -3.46. The third-order valence-electron chi connectivity index (χ3n) is 5.76. The smallest absolute Gasteiger partial charge is 0.305 e. The van der Waals surface area contributed by atoms with Gasteiger partial charge in [-0.1, -0.05) is 6.07 Å². The summed E-state index contributed by atoms with van der Waals surface area (Å²) >= 11 is 0. The van der Waals surface area contributed by atoms with E-state index in [0.29, 0.717) is 24.3 Å². The number of carboxylic acid groups (broad SMARTS) is 1. The molecule has 2 aromatic rings. The van der Waals surface area contributed by atoms with Crippen LogP contribution in [0.4, 0.5) is 10.1 Å². The number of halogens is 1. The lowest BCUT2D eigenvalue weighted by atomic mass is 9.94. The molecular formula is C23H23FN2O6. The molecule has 2 N–H and O–H groups in total. The van der Waals surface area contributed by atoms with Crippen molar-refractivity contribution in [3.8, 4) is 5.75 Å². The molecule has 0 spiro atoms. The minimum absolute atomic E-state index is 0.0914. The fourth-order valence-corrected chi connectivity index (χ4v) is 4.13. The van der Waals surface area contributed by atoms with Crippen molar-refractivity contribution in [2.24, 2.45) is 0 Å². The standard InChI is InChI=1S/C23H23FN2O6/c1-26-18-7-6-16(11-21(27)28)32-20(18)12-31-19-8-5-15(10-17(19)23(26)30)25-22(29)13-3-2-4-14(24)9-13/h2-5,8-10,16,18,20H,6-7,11-12H2,1H3,(H,25,29)(H,27,28)/t16-,18+,20+/m0/s1. The zero-order valence-corrected chi connectivity index (χ0v) is 17.4. The molecule has 168 valence electrons. The van der Waals surface area contributed by atoms with Crippen LogP contribution in [0.5, 0.6) is 5.75 Å². The van der Waals surface area contributed by atoms with Gasteiger partial charge >= 0.3 is 5.97 Å². The highest BCUT2D eigenvalue weighted by Crippen LogP contribution is 2.32. The van der Waals surface area contributed by atoms with Gasteiger partial charge in [0.2, 0.25) is 0 Å². The molecule has 4 rings (SSSR count). The lowest BCUT2D eigenvalue weighted by Gasteiger charge is -2.42. The number of amides is 2. The van der Waals surface area contributed by atoms with E-state index in [9.17, 15) is 18.8 Å². The van der Waals surface area contributed by atoms with Crippen molar-refractivity contribution in [3.63, 3.8) is 0 Å². The first-order chi connectivity index (χ1) is 15.3. The first-order valence-electron chi connectivity index (χ1n) is 10.3. The molecule has 2 aliphatic heterocycles. The third kappa shape index (κ3) is 4.57. The number of ether oxygens (including phenoxy) is 2. The molecule has 0 unspecified atom stereocenters. The summed E-state index contributed by atoms with van der Waals surface area (Å²) < 4.78 is 25.2. The quantitative estimate of drug-likeness (QED) is 0.754. The van der Waals surface area contributed by atoms with Crippen molar-refractivity contribution in [3.05, 3.63) is 59.4 Å². The number of nitrogens with zero attached hydrogens (tertiary/aromatic N) is 1. The van der Waals surface area contributed by atoms with Crippen molar-refractivity contribution in [2.45, 2.75) is 37.5 Å². The fourth-order valence-electron chi connectivity index (χ4n) is 4.13. The maximum Gasteiger partial charge on any atom is 0.305 e. The van der Waals surface area contributed by atoms with Crippen LogP contribution in [0.25, 0.3) is 0 Å². The largest absolute Gasteiger partial charge is 0.490 e. The molecule has 8 nitrogen and oxygen atoms in total. The van der Waals surface area contributed by atoms with E-state index in [2.05, 4.69) is 5.32 Å². The van der Waals surface area contributed by atoms with E-state index < -0.39 is 29.9 Å². The minimum atomic E-state index is -0.928. The van der Waals surface area contributed by atoms with Gasteiger partial charge in [0.1, 0.15) is 24.3 Å². The van der Waals surface area contributed by atoms with Crippen LogP contribution in [0.2, 0.25) is 0 Å². The van der Waals surface area contributed by atoms with E-state index >= 15 is 0 Å². The van der Waals surface area contributed by atoms with Gasteiger partial charge in [0.25, 0.3) is 11.8 Å². The summed E-state index contributed by atoms with van der Waals surface area (Å²) in [5.41, 5.74) is 0.826. The Morgan fingerprint density at radius 3 is 2.78 bits per heavy atom. The first kappa shape index (κ1) is 21.8. The monoisotopic (exact) mass is 442 g/mol. The number of hydrogen-bond acceptors (Lipinski definition) is 5. The van der Waals surface area contributed by atoms with Gasteiger partial charge in [0, 0.05) is 18.3 Å². The van der Waals surface area contributed by atoms with Crippen molar-refractivity contribution in [2.75, 3.05) is 19.0 Å². The zero-order chi connectivity index (χ0) is 22.8. The van der Waals surface area contributed by atoms with Crippen LogP contribution in [0, 0.1) is 5.82 Å². The Bertz CT molecular complexity index is 1060. The maximum atomic E-state index is 13.4. The van der Waals surface area contributed by atoms with Crippen LogP contribution in [-0.2, 0) is 9.53 Å². The van der Waals surface area contributed by atoms with Gasteiger partial charge in [-0.25, -0.2) is 4.39 Å². The number of anilines is 1. The number of aliphatic carboxylic acids is 1. The molecule has 0 bridgehead atoms. The molecule has 2 heterocycles. The topological polar surface area (TPSA) is 105 Å². The molecule has 9 heteroatoms. The lowest BCUT2D eigenvalue weighted by Crippen LogP contribution is -2.53. The normalized spacial score (nSPS) is 22.6. The Morgan fingerprint density at radius 1 is 1.22 bits per heavy atom. The summed E-state index contributed by atoms with van der Waals surface area (Å²) in [5, 5.41) is 11.7. The number of rotatable bonds is 4. The van der Waals surface area contributed by atoms with E-state index in [1.165, 1.54) is 24.3 Å². The van der Waals surface area contributed by atoms with Gasteiger partial charge in [-0.05, 0) is 49.2 Å². The molecule has 2 amide bonds. The van der Waals surface area contributed by atoms with Crippen molar-refractivity contribution in [1.29, 1.82) is 0 Å². The van der Waals surface area contributed by atoms with Crippen molar-refractivity contribution >= 4 is 23.5 Å². The Balaban J connectivity index is 1.54. The molecule has 1 saturated heterocycles. The van der Waals surface area contributed by atoms with Gasteiger partial charge in [-0.2, -0.15) is 0 Å². The van der Waals surface area contributed by atoms with E-state index in [1.54, 1.807) is 24.1 Å². The molecule has 0 radical (unpaired) electrons. The van der Waals surface area contributed by atoms with E-state index in [0.717, 1.165) is 6.07 Å². The maximum absolute atomic E-state index is 13.4. The Kier molecular flexibility index (Phi) is 6.09. The highest BCUT2D eigenvalue weighted by Gasteiger charge is 2.39. The van der Waals surface area contributed by atoms with Crippen LogP contribution in [0.15, 0.2) is 42.5 Å². The molecule has 2 aromatic carbocycles. The number of carbonyl (C=O) groups is 3. The molecule has 2 aliphatic rings. The van der Waals surface area contributed by atoms with Crippen LogP contribution < -0.4 is 10.1 Å². The van der Waals surface area contributed by atoms with E-state index in [1.807, 2.05) is 0 Å². The Morgan fingerprint density at radius 2 is 2.03 bits per heavy atom. The summed E-state index contributed by atoms with van der Waals surface area (Å²) in [4.78, 5) is 38.2. The number of likely N-dealkylation sites (N-methyl/N-ethyl adjacent to an activating group) is 1. The predicted octanol–water partition coefficient (Wildman–Crippen LogP) is 2.93. The van der Waals surface area contributed by atoms with Gasteiger partial charge in [-0.3, -0.25) is 14.4 Å². The lowest BCUT2D eigenvalue weighted by molar-refractivity contribution is -0.148. The van der Waals surface area contributed by atoms with Crippen LogP contribution >= 0.6 is 0 Å². The molecule has 0 saturated carbocycles. The summed E-state index contributed by atoms with van der Waals surface area (Å²) in [6.45, 7) is 0.167. The summed E-state index contributed by atoms with van der Waals surface area (Å²) in [7, 11) is 1.67. The molecule has 0 aliphatic carbocycles. The van der Waals surface area contributed by atoms with Gasteiger partial charge in [0.15, 0.2) is 0 Å². The summed E-state index contributed by atoms with van der Waals surface area (Å²) in [5.74, 6) is -1.90. The number of hydrogen-bond donors (Lipinski definition) is 2. The predicted molar refractivity (Wildman–Crippen MR) is 112 cm³/mol. The average Bonchev–Trinajstić information content (AvgIpc) is 2.76. The number of carbonyl (C=O) groups excluding carboxylic acids is 2. The fraction of sp³-hybridized carbons (Fsp3) is 0.348. The second kappa shape index (κ2) is 8.96.